The zero-order valence-electron chi connectivity index (χ0n) is 19.2. The first-order valence-corrected chi connectivity index (χ1v) is 14.5. The van der Waals surface area contributed by atoms with Crippen LogP contribution in [-0.4, -0.2) is 20.4 Å². The summed E-state index contributed by atoms with van der Waals surface area (Å²) in [7, 11) is 0. The molecule has 4 nitrogen and oxygen atoms in total. The molecule has 0 atom stereocenters. The number of phenolic OH excluding ortho intramolecular Hbond substituents is 4. The lowest BCUT2D eigenvalue weighted by molar-refractivity contribution is 0.432. The Hall–Kier alpha value is -1.02. The Labute approximate surface area is 278 Å². The third-order valence-corrected chi connectivity index (χ3v) is 9.75. The summed E-state index contributed by atoms with van der Waals surface area (Å²) in [4.78, 5) is 0. The van der Waals surface area contributed by atoms with Gasteiger partial charge in [-0.05, 0) is 24.3 Å². The van der Waals surface area contributed by atoms with Crippen LogP contribution in [0.15, 0.2) is 36.4 Å². The molecular formula is C26H12Cl10O4. The van der Waals surface area contributed by atoms with Crippen LogP contribution in [0, 0.1) is 0 Å². The number of hydrogen-bond acceptors (Lipinski definition) is 4. The third kappa shape index (κ3) is 5.78. The van der Waals surface area contributed by atoms with Crippen LogP contribution >= 0.6 is 116 Å². The minimum atomic E-state index is -1.43. The van der Waals surface area contributed by atoms with Crippen molar-refractivity contribution in [2.45, 2.75) is 11.8 Å². The zero-order chi connectivity index (χ0) is 29.8. The molecule has 0 aliphatic carbocycles. The minimum Gasteiger partial charge on any atom is -0.508 e. The molecule has 0 spiro atoms. The van der Waals surface area contributed by atoms with Crippen LogP contribution in [-0.2, 0) is 0 Å². The second-order valence-corrected chi connectivity index (χ2v) is 12.5. The standard InChI is InChI=1S/C26H12Cl10O4/c27-9-1-7(17(37)5-11(9)29)19(8-2-10(28)12(30)6-18(8)38)20(21-23(35)13(31)3-15(33)25(21)39)22-24(36)14(32)4-16(34)26(22)40/h1-6,19-20,37-40H. The summed E-state index contributed by atoms with van der Waals surface area (Å²) in [5.41, 5.74) is -0.302. The molecule has 4 N–H and O–H groups in total. The summed E-state index contributed by atoms with van der Waals surface area (Å²) in [6.07, 6.45) is 0. The van der Waals surface area contributed by atoms with Crippen molar-refractivity contribution in [3.8, 4) is 23.0 Å². The van der Waals surface area contributed by atoms with Crippen molar-refractivity contribution in [2.75, 3.05) is 0 Å². The maximum absolute atomic E-state index is 11.2. The molecule has 0 unspecified atom stereocenters. The van der Waals surface area contributed by atoms with E-state index in [9.17, 15) is 20.4 Å². The lowest BCUT2D eigenvalue weighted by Crippen LogP contribution is -2.17. The summed E-state index contributed by atoms with van der Waals surface area (Å²) < 4.78 is 0. The average Bonchev–Trinajstić information content (AvgIpc) is 2.87. The van der Waals surface area contributed by atoms with Crippen molar-refractivity contribution in [2.24, 2.45) is 0 Å². The Morgan fingerprint density at radius 3 is 1.05 bits per heavy atom. The van der Waals surface area contributed by atoms with Crippen molar-refractivity contribution in [1.29, 1.82) is 0 Å². The zero-order valence-corrected chi connectivity index (χ0v) is 26.7. The Kier molecular flexibility index (Phi) is 9.81. The van der Waals surface area contributed by atoms with E-state index in [1.54, 1.807) is 0 Å². The number of rotatable bonds is 5. The molecule has 4 rings (SSSR count). The molecule has 210 valence electrons. The predicted molar refractivity (Wildman–Crippen MR) is 166 cm³/mol. The molecule has 0 aliphatic heterocycles. The molecule has 0 saturated heterocycles. The van der Waals surface area contributed by atoms with Gasteiger partial charge in [0.05, 0.1) is 50.2 Å². The first-order valence-electron chi connectivity index (χ1n) is 10.7. The number of aromatic hydroxyl groups is 4. The predicted octanol–water partition coefficient (Wildman–Crippen LogP) is 12.0. The number of benzene rings is 4. The number of halogens is 10. The van der Waals surface area contributed by atoms with E-state index >= 15 is 0 Å². The van der Waals surface area contributed by atoms with E-state index in [-0.39, 0.29) is 72.5 Å². The van der Waals surface area contributed by atoms with Crippen LogP contribution < -0.4 is 0 Å². The maximum Gasteiger partial charge on any atom is 0.139 e. The van der Waals surface area contributed by atoms with Crippen molar-refractivity contribution >= 4 is 116 Å². The average molecular weight is 743 g/mol. The van der Waals surface area contributed by atoms with Gasteiger partial charge in [0.15, 0.2) is 0 Å². The summed E-state index contributed by atoms with van der Waals surface area (Å²) >= 11 is 63.6. The molecule has 4 aromatic rings. The van der Waals surface area contributed by atoms with Gasteiger partial charge >= 0.3 is 0 Å². The van der Waals surface area contributed by atoms with Gasteiger partial charge < -0.3 is 20.4 Å². The van der Waals surface area contributed by atoms with Crippen molar-refractivity contribution in [1.82, 2.24) is 0 Å². The van der Waals surface area contributed by atoms with E-state index < -0.39 is 34.8 Å². The fraction of sp³-hybridized carbons (Fsp3) is 0.0769. The van der Waals surface area contributed by atoms with E-state index in [0.717, 1.165) is 12.1 Å². The molecule has 0 aliphatic rings. The van der Waals surface area contributed by atoms with Gasteiger partial charge in [-0.3, -0.25) is 0 Å². The van der Waals surface area contributed by atoms with Gasteiger partial charge in [0.2, 0.25) is 0 Å². The van der Waals surface area contributed by atoms with Crippen molar-refractivity contribution < 1.29 is 20.4 Å². The van der Waals surface area contributed by atoms with E-state index in [1.807, 2.05) is 0 Å². The second kappa shape index (κ2) is 12.3. The van der Waals surface area contributed by atoms with E-state index in [2.05, 4.69) is 0 Å². The van der Waals surface area contributed by atoms with E-state index in [1.165, 1.54) is 24.3 Å². The number of phenols is 4. The lowest BCUT2D eigenvalue weighted by atomic mass is 9.72. The van der Waals surface area contributed by atoms with E-state index in [4.69, 9.17) is 116 Å². The van der Waals surface area contributed by atoms with Crippen LogP contribution in [0.3, 0.4) is 0 Å². The molecule has 0 radical (unpaired) electrons. The molecule has 4 aromatic carbocycles. The van der Waals surface area contributed by atoms with Gasteiger partial charge in [-0.1, -0.05) is 116 Å². The van der Waals surface area contributed by atoms with Crippen molar-refractivity contribution in [3.05, 3.63) is 109 Å². The van der Waals surface area contributed by atoms with Crippen LogP contribution in [0.25, 0.3) is 0 Å². The highest BCUT2D eigenvalue weighted by molar-refractivity contribution is 6.46. The Bertz CT molecular complexity index is 1500. The first-order chi connectivity index (χ1) is 18.6. The monoisotopic (exact) mass is 738 g/mol. The van der Waals surface area contributed by atoms with E-state index in [0.29, 0.717) is 0 Å². The molecule has 0 heterocycles. The van der Waals surface area contributed by atoms with Gasteiger partial charge in [0.1, 0.15) is 23.0 Å². The van der Waals surface area contributed by atoms with Crippen LogP contribution in [0.1, 0.15) is 34.1 Å². The molecule has 40 heavy (non-hydrogen) atoms. The first kappa shape index (κ1) is 31.9. The van der Waals surface area contributed by atoms with Gasteiger partial charge in [0, 0.05) is 46.2 Å². The summed E-state index contributed by atoms with van der Waals surface area (Å²) in [6, 6.07) is 7.36. The Balaban J connectivity index is 2.30. The lowest BCUT2D eigenvalue weighted by Gasteiger charge is -2.33. The minimum absolute atomic E-state index is 0.00920. The molecular weight excluding hydrogens is 731 g/mol. The molecule has 0 aromatic heterocycles. The highest BCUT2D eigenvalue weighted by Gasteiger charge is 2.40. The molecule has 14 heteroatoms. The topological polar surface area (TPSA) is 80.9 Å². The molecule has 0 fully saturated rings. The normalized spacial score (nSPS) is 11.6. The Morgan fingerprint density at radius 1 is 0.375 bits per heavy atom. The molecule has 0 amide bonds. The summed E-state index contributed by atoms with van der Waals surface area (Å²) in [5, 5.41) is 43.8. The highest BCUT2D eigenvalue weighted by Crippen LogP contribution is 2.58. The summed E-state index contributed by atoms with van der Waals surface area (Å²) in [6.45, 7) is 0. The van der Waals surface area contributed by atoms with Gasteiger partial charge in [-0.25, -0.2) is 0 Å². The maximum atomic E-state index is 11.2. The highest BCUT2D eigenvalue weighted by atomic mass is 35.5. The summed E-state index contributed by atoms with van der Waals surface area (Å²) in [5.74, 6) is -4.67. The van der Waals surface area contributed by atoms with Crippen LogP contribution in [0.5, 0.6) is 23.0 Å². The second-order valence-electron chi connectivity index (χ2n) is 8.44. The third-order valence-electron chi connectivity index (χ3n) is 6.13. The van der Waals surface area contributed by atoms with Crippen molar-refractivity contribution in [3.63, 3.8) is 0 Å². The number of hydrogen-bond donors (Lipinski definition) is 4. The SMILES string of the molecule is Oc1cc(Cl)c(Cl)cc1C(c1cc(Cl)c(Cl)cc1O)C(c1c(O)c(Cl)cc(Cl)c1Cl)c1c(O)c(Cl)cc(Cl)c1Cl. The molecule has 0 bridgehead atoms. The fourth-order valence-corrected chi connectivity index (χ4v) is 6.52. The van der Waals surface area contributed by atoms with Crippen LogP contribution in [0.4, 0.5) is 0 Å². The largest absolute Gasteiger partial charge is 0.508 e. The Morgan fingerprint density at radius 2 is 0.700 bits per heavy atom. The molecule has 0 saturated carbocycles. The van der Waals surface area contributed by atoms with Gasteiger partial charge in [0.25, 0.3) is 0 Å². The smallest absolute Gasteiger partial charge is 0.139 e. The van der Waals surface area contributed by atoms with Crippen LogP contribution in [0.2, 0.25) is 50.2 Å². The van der Waals surface area contributed by atoms with Gasteiger partial charge in [-0.15, -0.1) is 0 Å². The van der Waals surface area contributed by atoms with Gasteiger partial charge in [-0.2, -0.15) is 0 Å². The quantitative estimate of drug-likeness (QED) is 0.154. The fourth-order valence-electron chi connectivity index (χ4n) is 4.38.